The Hall–Kier alpha value is -4.85. The maximum absolute atomic E-state index is 12.9. The molecule has 0 saturated heterocycles. The van der Waals surface area contributed by atoms with E-state index in [-0.39, 0.29) is 16.5 Å². The van der Waals surface area contributed by atoms with Gasteiger partial charge in [0.25, 0.3) is 5.91 Å². The minimum absolute atomic E-state index is 0.155. The summed E-state index contributed by atoms with van der Waals surface area (Å²) in [5.74, 6) is -1.90. The molecule has 0 aliphatic rings. The largest absolute Gasteiger partial charge is 0.505 e. The quantitative estimate of drug-likeness (QED) is 0.359. The van der Waals surface area contributed by atoms with Crippen LogP contribution in [0, 0.1) is 11.3 Å². The van der Waals surface area contributed by atoms with E-state index >= 15 is 0 Å². The van der Waals surface area contributed by atoms with Crippen molar-refractivity contribution in [2.45, 2.75) is 39.0 Å². The van der Waals surface area contributed by atoms with Crippen LogP contribution >= 0.6 is 0 Å². The van der Waals surface area contributed by atoms with Gasteiger partial charge in [0, 0.05) is 10.8 Å². The molecular weight excluding hydrogens is 468 g/mol. The van der Waals surface area contributed by atoms with Crippen molar-refractivity contribution in [2.24, 2.45) is 0 Å². The molecule has 4 N–H and O–H groups in total. The Balaban J connectivity index is 1.90. The third kappa shape index (κ3) is 6.60. The van der Waals surface area contributed by atoms with Crippen LogP contribution in [0.5, 0.6) is 17.2 Å². The van der Waals surface area contributed by atoms with Crippen LogP contribution in [0.4, 0.5) is 4.79 Å². The summed E-state index contributed by atoms with van der Waals surface area (Å²) < 4.78 is 10.9. The fourth-order valence-electron chi connectivity index (χ4n) is 3.20. The number of nitriles is 1. The minimum atomic E-state index is -1.38. The molecule has 0 radical (unpaired) electrons. The van der Waals surface area contributed by atoms with E-state index in [1.165, 1.54) is 12.1 Å². The van der Waals surface area contributed by atoms with Crippen LogP contribution in [0.25, 0.3) is 10.8 Å². The van der Waals surface area contributed by atoms with Gasteiger partial charge in [0.2, 0.25) is 0 Å². The van der Waals surface area contributed by atoms with E-state index < -0.39 is 47.6 Å². The highest BCUT2D eigenvalue weighted by atomic mass is 16.6. The zero-order chi connectivity index (χ0) is 26.5. The first kappa shape index (κ1) is 25.8. The summed E-state index contributed by atoms with van der Waals surface area (Å²) >= 11 is 0. The molecule has 0 saturated carbocycles. The van der Waals surface area contributed by atoms with Gasteiger partial charge in [-0.1, -0.05) is 18.2 Å². The summed E-state index contributed by atoms with van der Waals surface area (Å²) in [5, 5.41) is 34.5. The SMILES string of the molecule is CC(C)(C)OC(=O)NC(CC(=O)O)NC(=O)c1nc(C#N)c2cc(Oc3ccccc3)ccc2c1O. The maximum atomic E-state index is 12.9. The van der Waals surface area contributed by atoms with Gasteiger partial charge in [-0.25, -0.2) is 9.78 Å². The van der Waals surface area contributed by atoms with Gasteiger partial charge in [0.1, 0.15) is 35.0 Å². The molecule has 3 rings (SSSR count). The van der Waals surface area contributed by atoms with Crippen molar-refractivity contribution in [3.63, 3.8) is 0 Å². The van der Waals surface area contributed by atoms with Crippen molar-refractivity contribution in [3.05, 3.63) is 59.9 Å². The molecule has 1 aromatic heterocycles. The molecule has 3 aromatic rings. The molecule has 0 bridgehead atoms. The molecule has 1 heterocycles. The highest BCUT2D eigenvalue weighted by Crippen LogP contribution is 2.33. The zero-order valence-electron chi connectivity index (χ0n) is 19.7. The first-order chi connectivity index (χ1) is 17.0. The molecule has 0 spiro atoms. The number of fused-ring (bicyclic) bond motifs is 1. The summed E-state index contributed by atoms with van der Waals surface area (Å²) in [6.07, 6.45) is -3.01. The van der Waals surface area contributed by atoms with Gasteiger partial charge in [0.15, 0.2) is 11.4 Å². The molecule has 0 aliphatic heterocycles. The van der Waals surface area contributed by atoms with Crippen LogP contribution < -0.4 is 15.4 Å². The normalized spacial score (nSPS) is 11.7. The van der Waals surface area contributed by atoms with Crippen molar-refractivity contribution < 1.29 is 34.1 Å². The van der Waals surface area contributed by atoms with E-state index in [0.717, 1.165) is 0 Å². The number of carbonyl (C=O) groups excluding carboxylic acids is 2. The second-order valence-electron chi connectivity index (χ2n) is 8.66. The average molecular weight is 492 g/mol. The molecule has 1 atom stereocenters. The van der Waals surface area contributed by atoms with E-state index in [1.807, 2.05) is 12.1 Å². The van der Waals surface area contributed by atoms with Crippen molar-refractivity contribution >= 4 is 28.7 Å². The van der Waals surface area contributed by atoms with E-state index in [9.17, 15) is 24.8 Å². The zero-order valence-corrected chi connectivity index (χ0v) is 19.7. The molecule has 186 valence electrons. The number of nitrogens with zero attached hydrogens (tertiary/aromatic N) is 2. The van der Waals surface area contributed by atoms with Crippen LogP contribution in [-0.4, -0.2) is 44.9 Å². The number of hydrogen-bond acceptors (Lipinski definition) is 8. The first-order valence-corrected chi connectivity index (χ1v) is 10.8. The Morgan fingerprint density at radius 3 is 2.36 bits per heavy atom. The number of benzene rings is 2. The summed E-state index contributed by atoms with van der Waals surface area (Å²) in [7, 11) is 0. The van der Waals surface area contributed by atoms with Crippen LogP contribution in [0.15, 0.2) is 48.5 Å². The number of carboxylic acid groups (broad SMARTS) is 1. The smallest absolute Gasteiger partial charge is 0.409 e. The summed E-state index contributed by atoms with van der Waals surface area (Å²) in [6.45, 7) is 4.86. The number of alkyl carbamates (subject to hydrolysis) is 1. The molecule has 11 heteroatoms. The molecule has 0 fully saturated rings. The Morgan fingerprint density at radius 1 is 1.06 bits per heavy atom. The van der Waals surface area contributed by atoms with Gasteiger partial charge >= 0.3 is 12.1 Å². The van der Waals surface area contributed by atoms with Gasteiger partial charge in [-0.3, -0.25) is 9.59 Å². The molecule has 2 amide bonds. The molecule has 11 nitrogen and oxygen atoms in total. The van der Waals surface area contributed by atoms with Gasteiger partial charge in [0.05, 0.1) is 6.42 Å². The Morgan fingerprint density at radius 2 is 1.75 bits per heavy atom. The summed E-state index contributed by atoms with van der Waals surface area (Å²) in [5.41, 5.74) is -1.54. The lowest BCUT2D eigenvalue weighted by Crippen LogP contribution is -2.50. The first-order valence-electron chi connectivity index (χ1n) is 10.8. The van der Waals surface area contributed by atoms with Crippen molar-refractivity contribution in [1.29, 1.82) is 5.26 Å². The topological polar surface area (TPSA) is 171 Å². The molecule has 2 aromatic carbocycles. The van der Waals surface area contributed by atoms with Crippen LogP contribution in [-0.2, 0) is 9.53 Å². The lowest BCUT2D eigenvalue weighted by molar-refractivity contribution is -0.137. The second kappa shape index (κ2) is 10.6. The minimum Gasteiger partial charge on any atom is -0.505 e. The van der Waals surface area contributed by atoms with E-state index in [2.05, 4.69) is 15.6 Å². The van der Waals surface area contributed by atoms with Gasteiger partial charge in [-0.2, -0.15) is 5.26 Å². The van der Waals surface area contributed by atoms with E-state index in [0.29, 0.717) is 11.5 Å². The molecule has 0 aliphatic carbocycles. The second-order valence-corrected chi connectivity index (χ2v) is 8.66. The standard InChI is InChI=1S/C25H24N4O7/c1-25(2,3)36-24(34)29-19(12-20(30)31)28-23(33)21-22(32)16-10-9-15(11-17(16)18(13-26)27-21)35-14-7-5-4-6-8-14/h4-11,19,32H,12H2,1-3H3,(H,28,33)(H,29,34)(H,30,31). The summed E-state index contributed by atoms with van der Waals surface area (Å²) in [4.78, 5) is 40.2. The highest BCUT2D eigenvalue weighted by Gasteiger charge is 2.26. The lowest BCUT2D eigenvalue weighted by Gasteiger charge is -2.23. The summed E-state index contributed by atoms with van der Waals surface area (Å²) in [6, 6.07) is 15.3. The number of ether oxygens (including phenoxy) is 2. The predicted molar refractivity (Wildman–Crippen MR) is 128 cm³/mol. The fourth-order valence-corrected chi connectivity index (χ4v) is 3.20. The number of amides is 2. The number of carboxylic acids is 1. The number of pyridine rings is 1. The lowest BCUT2D eigenvalue weighted by atomic mass is 10.1. The number of hydrogen-bond donors (Lipinski definition) is 4. The van der Waals surface area contributed by atoms with Crippen molar-refractivity contribution in [2.75, 3.05) is 0 Å². The maximum Gasteiger partial charge on any atom is 0.409 e. The van der Waals surface area contributed by atoms with E-state index in [1.54, 1.807) is 51.1 Å². The van der Waals surface area contributed by atoms with Gasteiger partial charge in [-0.15, -0.1) is 0 Å². The van der Waals surface area contributed by atoms with Crippen LogP contribution in [0.1, 0.15) is 43.4 Å². The predicted octanol–water partition coefficient (Wildman–Crippen LogP) is 3.66. The van der Waals surface area contributed by atoms with Crippen molar-refractivity contribution in [1.82, 2.24) is 15.6 Å². The highest BCUT2D eigenvalue weighted by molar-refractivity contribution is 6.03. The van der Waals surface area contributed by atoms with Crippen LogP contribution in [0.2, 0.25) is 0 Å². The fraction of sp³-hybridized carbons (Fsp3) is 0.240. The Labute approximate surface area is 206 Å². The monoisotopic (exact) mass is 492 g/mol. The Kier molecular flexibility index (Phi) is 7.59. The molecule has 1 unspecified atom stereocenters. The number of nitrogens with one attached hydrogen (secondary N) is 2. The van der Waals surface area contributed by atoms with Crippen LogP contribution in [0.3, 0.4) is 0 Å². The third-order valence-corrected chi connectivity index (χ3v) is 4.62. The molecule has 36 heavy (non-hydrogen) atoms. The third-order valence-electron chi connectivity index (χ3n) is 4.62. The van der Waals surface area contributed by atoms with E-state index in [4.69, 9.17) is 14.6 Å². The number of carbonyl (C=O) groups is 3. The average Bonchev–Trinajstić information content (AvgIpc) is 2.78. The number of rotatable bonds is 7. The number of para-hydroxylation sites is 1. The molecular formula is C25H24N4O7. The van der Waals surface area contributed by atoms with Gasteiger partial charge in [-0.05, 0) is 51.1 Å². The van der Waals surface area contributed by atoms with Gasteiger partial charge < -0.3 is 30.3 Å². The Bertz CT molecular complexity index is 1340. The van der Waals surface area contributed by atoms with Crippen molar-refractivity contribution in [3.8, 4) is 23.3 Å². The number of aromatic nitrogens is 1. The number of aliphatic carboxylic acids is 1. The number of aromatic hydroxyl groups is 1.